The second-order valence-electron chi connectivity index (χ2n) is 4.71. The fourth-order valence-corrected chi connectivity index (χ4v) is 2.32. The first-order valence-electron chi connectivity index (χ1n) is 6.63. The van der Waals surface area contributed by atoms with Crippen LogP contribution in [0.4, 0.5) is 5.69 Å². The maximum Gasteiger partial charge on any atom is 0.291 e. The SMILES string of the molecule is COc1ccccc1NC(=O)c1oc2ccccc2c1C. The number of hydrogen-bond donors (Lipinski definition) is 1. The van der Waals surface area contributed by atoms with E-state index in [-0.39, 0.29) is 5.91 Å². The molecule has 1 amide bonds. The Hall–Kier alpha value is -2.75. The van der Waals surface area contributed by atoms with Crippen LogP contribution in [0.15, 0.2) is 52.9 Å². The van der Waals surface area contributed by atoms with Crippen molar-refractivity contribution in [3.05, 3.63) is 59.9 Å². The average Bonchev–Trinajstić information content (AvgIpc) is 2.85. The molecule has 1 heterocycles. The highest BCUT2D eigenvalue weighted by atomic mass is 16.5. The van der Waals surface area contributed by atoms with Crippen LogP contribution in [0.25, 0.3) is 11.0 Å². The molecule has 21 heavy (non-hydrogen) atoms. The Morgan fingerprint density at radius 2 is 1.81 bits per heavy atom. The number of carbonyl (C=O) groups is 1. The van der Waals surface area contributed by atoms with Crippen molar-refractivity contribution in [1.29, 1.82) is 0 Å². The number of aryl methyl sites for hydroxylation is 1. The lowest BCUT2D eigenvalue weighted by Crippen LogP contribution is -2.12. The van der Waals surface area contributed by atoms with Crippen molar-refractivity contribution in [2.24, 2.45) is 0 Å². The molecule has 3 aromatic rings. The lowest BCUT2D eigenvalue weighted by molar-refractivity contribution is 0.0997. The van der Waals surface area contributed by atoms with Crippen LogP contribution in [0.2, 0.25) is 0 Å². The van der Waals surface area contributed by atoms with Gasteiger partial charge in [0.1, 0.15) is 11.3 Å². The molecule has 1 aromatic heterocycles. The minimum atomic E-state index is -0.284. The van der Waals surface area contributed by atoms with E-state index in [4.69, 9.17) is 9.15 Å². The molecule has 4 nitrogen and oxygen atoms in total. The number of rotatable bonds is 3. The molecule has 0 bridgehead atoms. The molecule has 3 rings (SSSR count). The van der Waals surface area contributed by atoms with Crippen LogP contribution in [-0.4, -0.2) is 13.0 Å². The molecule has 1 N–H and O–H groups in total. The molecule has 0 spiro atoms. The maximum absolute atomic E-state index is 12.4. The number of furan rings is 1. The zero-order valence-electron chi connectivity index (χ0n) is 11.8. The molecule has 0 aliphatic heterocycles. The molecule has 0 saturated heterocycles. The topological polar surface area (TPSA) is 51.5 Å². The summed E-state index contributed by atoms with van der Waals surface area (Å²) in [6, 6.07) is 14.9. The van der Waals surface area contributed by atoms with Crippen LogP contribution >= 0.6 is 0 Å². The van der Waals surface area contributed by atoms with Gasteiger partial charge in [-0.1, -0.05) is 30.3 Å². The smallest absolute Gasteiger partial charge is 0.291 e. The number of fused-ring (bicyclic) bond motifs is 1. The predicted octanol–water partition coefficient (Wildman–Crippen LogP) is 4.00. The van der Waals surface area contributed by atoms with E-state index >= 15 is 0 Å². The molecule has 0 atom stereocenters. The van der Waals surface area contributed by atoms with Gasteiger partial charge in [-0.15, -0.1) is 0 Å². The summed E-state index contributed by atoms with van der Waals surface area (Å²) in [7, 11) is 1.57. The third-order valence-electron chi connectivity index (χ3n) is 3.41. The summed E-state index contributed by atoms with van der Waals surface area (Å²) in [6.45, 7) is 1.88. The van der Waals surface area contributed by atoms with Gasteiger partial charge in [0.2, 0.25) is 0 Å². The molecular formula is C17H15NO3. The molecule has 0 saturated carbocycles. The van der Waals surface area contributed by atoms with Gasteiger partial charge in [-0.05, 0) is 25.1 Å². The van der Waals surface area contributed by atoms with Crippen LogP contribution in [0.3, 0.4) is 0 Å². The number of para-hydroxylation sites is 3. The zero-order chi connectivity index (χ0) is 14.8. The van der Waals surface area contributed by atoms with Gasteiger partial charge in [-0.3, -0.25) is 4.79 Å². The lowest BCUT2D eigenvalue weighted by atomic mass is 10.1. The number of carbonyl (C=O) groups excluding carboxylic acids is 1. The summed E-state index contributed by atoms with van der Waals surface area (Å²) in [6.07, 6.45) is 0. The quantitative estimate of drug-likeness (QED) is 0.789. The number of hydrogen-bond acceptors (Lipinski definition) is 3. The Morgan fingerprint density at radius 1 is 1.10 bits per heavy atom. The molecular weight excluding hydrogens is 266 g/mol. The standard InChI is InChI=1S/C17H15NO3/c1-11-12-7-3-5-9-14(12)21-16(11)17(19)18-13-8-4-6-10-15(13)20-2/h3-10H,1-2H3,(H,18,19). The summed E-state index contributed by atoms with van der Waals surface area (Å²) < 4.78 is 10.9. The number of anilines is 1. The lowest BCUT2D eigenvalue weighted by Gasteiger charge is -2.08. The normalized spacial score (nSPS) is 10.6. The van der Waals surface area contributed by atoms with Gasteiger partial charge >= 0.3 is 0 Å². The molecule has 0 fully saturated rings. The first-order chi connectivity index (χ1) is 10.2. The van der Waals surface area contributed by atoms with Gasteiger partial charge < -0.3 is 14.5 Å². The maximum atomic E-state index is 12.4. The van der Waals surface area contributed by atoms with Crippen LogP contribution < -0.4 is 10.1 Å². The van der Waals surface area contributed by atoms with Gasteiger partial charge in [-0.2, -0.15) is 0 Å². The monoisotopic (exact) mass is 281 g/mol. The number of nitrogens with one attached hydrogen (secondary N) is 1. The fraction of sp³-hybridized carbons (Fsp3) is 0.118. The highest BCUT2D eigenvalue weighted by Gasteiger charge is 2.18. The minimum absolute atomic E-state index is 0.284. The summed E-state index contributed by atoms with van der Waals surface area (Å²) >= 11 is 0. The minimum Gasteiger partial charge on any atom is -0.495 e. The highest BCUT2D eigenvalue weighted by molar-refractivity contribution is 6.07. The fourth-order valence-electron chi connectivity index (χ4n) is 2.32. The molecule has 4 heteroatoms. The van der Waals surface area contributed by atoms with Crippen molar-refractivity contribution in [2.45, 2.75) is 6.92 Å². The summed E-state index contributed by atoms with van der Waals surface area (Å²) in [5.41, 5.74) is 2.16. The van der Waals surface area contributed by atoms with Crippen molar-refractivity contribution in [3.63, 3.8) is 0 Å². The predicted molar refractivity (Wildman–Crippen MR) is 81.9 cm³/mol. The van der Waals surface area contributed by atoms with Crippen molar-refractivity contribution in [2.75, 3.05) is 12.4 Å². The Labute approximate surface area is 122 Å². The van der Waals surface area contributed by atoms with Gasteiger partial charge in [-0.25, -0.2) is 0 Å². The Bertz CT molecular complexity index is 805. The van der Waals surface area contributed by atoms with Crippen molar-refractivity contribution in [1.82, 2.24) is 0 Å². The van der Waals surface area contributed by atoms with Crippen LogP contribution in [-0.2, 0) is 0 Å². The molecule has 106 valence electrons. The third-order valence-corrected chi connectivity index (χ3v) is 3.41. The molecule has 0 aliphatic rings. The third kappa shape index (κ3) is 2.36. The van der Waals surface area contributed by atoms with E-state index in [1.54, 1.807) is 19.2 Å². The summed E-state index contributed by atoms with van der Waals surface area (Å²) in [5.74, 6) is 0.648. The van der Waals surface area contributed by atoms with Crippen molar-refractivity contribution in [3.8, 4) is 5.75 Å². The van der Waals surface area contributed by atoms with E-state index < -0.39 is 0 Å². The molecule has 0 unspecified atom stereocenters. The van der Waals surface area contributed by atoms with E-state index in [1.165, 1.54) is 0 Å². The molecule has 0 aliphatic carbocycles. The second kappa shape index (κ2) is 5.32. The zero-order valence-corrected chi connectivity index (χ0v) is 11.8. The number of ether oxygens (including phenoxy) is 1. The first kappa shape index (κ1) is 13.2. The summed E-state index contributed by atoms with van der Waals surface area (Å²) in [5, 5.41) is 3.77. The highest BCUT2D eigenvalue weighted by Crippen LogP contribution is 2.28. The van der Waals surface area contributed by atoms with E-state index in [2.05, 4.69) is 5.32 Å². The van der Waals surface area contributed by atoms with E-state index in [0.717, 1.165) is 10.9 Å². The number of methoxy groups -OCH3 is 1. The van der Waals surface area contributed by atoms with E-state index in [0.29, 0.717) is 22.8 Å². The van der Waals surface area contributed by atoms with Gasteiger partial charge in [0.25, 0.3) is 5.91 Å². The van der Waals surface area contributed by atoms with Crippen LogP contribution in [0.1, 0.15) is 16.1 Å². The molecule has 0 radical (unpaired) electrons. The Kier molecular flexibility index (Phi) is 3.36. The van der Waals surface area contributed by atoms with Crippen LogP contribution in [0, 0.1) is 6.92 Å². The van der Waals surface area contributed by atoms with Crippen molar-refractivity contribution < 1.29 is 13.9 Å². The van der Waals surface area contributed by atoms with Gasteiger partial charge in [0.15, 0.2) is 5.76 Å². The van der Waals surface area contributed by atoms with E-state index in [9.17, 15) is 4.79 Å². The summed E-state index contributed by atoms with van der Waals surface area (Å²) in [4.78, 5) is 12.4. The largest absolute Gasteiger partial charge is 0.495 e. The first-order valence-corrected chi connectivity index (χ1v) is 6.63. The average molecular weight is 281 g/mol. The van der Waals surface area contributed by atoms with Gasteiger partial charge in [0, 0.05) is 10.9 Å². The second-order valence-corrected chi connectivity index (χ2v) is 4.71. The van der Waals surface area contributed by atoms with E-state index in [1.807, 2.05) is 43.3 Å². The van der Waals surface area contributed by atoms with Crippen LogP contribution in [0.5, 0.6) is 5.75 Å². The van der Waals surface area contributed by atoms with Crippen molar-refractivity contribution >= 4 is 22.6 Å². The Balaban J connectivity index is 1.96. The number of amides is 1. The molecule has 2 aromatic carbocycles. The Morgan fingerprint density at radius 3 is 2.57 bits per heavy atom. The van der Waals surface area contributed by atoms with Gasteiger partial charge in [0.05, 0.1) is 12.8 Å². The number of benzene rings is 2.